The van der Waals surface area contributed by atoms with Gasteiger partial charge >= 0.3 is 0 Å². The highest BCUT2D eigenvalue weighted by Crippen LogP contribution is 2.15. The van der Waals surface area contributed by atoms with Crippen LogP contribution in [0.1, 0.15) is 33.6 Å². The van der Waals surface area contributed by atoms with Gasteiger partial charge in [-0.1, -0.05) is 19.9 Å². The van der Waals surface area contributed by atoms with Crippen LogP contribution < -0.4 is 10.2 Å². The van der Waals surface area contributed by atoms with E-state index in [4.69, 9.17) is 0 Å². The summed E-state index contributed by atoms with van der Waals surface area (Å²) >= 11 is 0. The van der Waals surface area contributed by atoms with Crippen LogP contribution in [-0.2, 0) is 4.79 Å². The second-order valence-corrected chi connectivity index (χ2v) is 7.66. The first-order valence-corrected chi connectivity index (χ1v) is 9.23. The second-order valence-electron chi connectivity index (χ2n) is 7.66. The number of piperazine rings is 1. The lowest BCUT2D eigenvalue weighted by Crippen LogP contribution is -2.51. The van der Waals surface area contributed by atoms with Crippen molar-refractivity contribution in [2.45, 2.75) is 39.2 Å². The summed E-state index contributed by atoms with van der Waals surface area (Å²) in [6, 6.07) is 5.93. The summed E-state index contributed by atoms with van der Waals surface area (Å²) in [6.45, 7) is 10.2. The quantitative estimate of drug-likeness (QED) is 0.745. The molecule has 25 heavy (non-hydrogen) atoms. The fourth-order valence-electron chi connectivity index (χ4n) is 2.91. The summed E-state index contributed by atoms with van der Waals surface area (Å²) in [4.78, 5) is 20.9. The van der Waals surface area contributed by atoms with Gasteiger partial charge in [-0.2, -0.15) is 0 Å². The zero-order chi connectivity index (χ0) is 18.3. The highest BCUT2D eigenvalue weighted by atomic mass is 16.3. The van der Waals surface area contributed by atoms with Crippen molar-refractivity contribution in [2.75, 3.05) is 44.2 Å². The average Bonchev–Trinajstić information content (AvgIpc) is 2.60. The third-order valence-corrected chi connectivity index (χ3v) is 4.64. The molecule has 1 aliphatic rings. The summed E-state index contributed by atoms with van der Waals surface area (Å²) in [5, 5.41) is 13.2. The normalized spacial score (nSPS) is 18.2. The molecule has 140 valence electrons. The van der Waals surface area contributed by atoms with Gasteiger partial charge in [0, 0.05) is 38.9 Å². The first kappa shape index (κ1) is 19.7. The molecule has 2 rings (SSSR count). The van der Waals surface area contributed by atoms with Crippen LogP contribution >= 0.6 is 0 Å². The number of rotatable bonds is 8. The van der Waals surface area contributed by atoms with E-state index in [2.05, 4.69) is 33.9 Å². The number of nitrogens with one attached hydrogen (secondary N) is 1. The van der Waals surface area contributed by atoms with E-state index in [-0.39, 0.29) is 5.91 Å². The molecule has 2 N–H and O–H groups in total. The molecule has 1 aliphatic heterocycles. The largest absolute Gasteiger partial charge is 0.388 e. The lowest BCUT2D eigenvalue weighted by Gasteiger charge is -2.35. The lowest BCUT2D eigenvalue weighted by molar-refractivity contribution is -0.123. The molecule has 0 saturated carbocycles. The number of hydrogen-bond acceptors (Lipinski definition) is 5. The highest BCUT2D eigenvalue weighted by molar-refractivity contribution is 5.78. The summed E-state index contributed by atoms with van der Waals surface area (Å²) in [7, 11) is 0. The first-order valence-electron chi connectivity index (χ1n) is 9.23. The van der Waals surface area contributed by atoms with Crippen molar-refractivity contribution in [2.24, 2.45) is 5.92 Å². The van der Waals surface area contributed by atoms with Crippen LogP contribution in [0.3, 0.4) is 0 Å². The zero-order valence-corrected chi connectivity index (χ0v) is 15.7. The molecule has 0 spiro atoms. The number of aromatic nitrogens is 1. The third-order valence-electron chi connectivity index (χ3n) is 4.64. The first-order chi connectivity index (χ1) is 11.9. The zero-order valence-electron chi connectivity index (χ0n) is 15.7. The standard InChI is InChI=1S/C19H32N4O2/c1-16(2)7-8-19(3,25)15-21-18(24)14-22-10-12-23(13-11-22)17-6-4-5-9-20-17/h4-6,9,16,25H,7-8,10-15H2,1-3H3,(H,21,24). The average molecular weight is 348 g/mol. The Bertz CT molecular complexity index is 525. The van der Waals surface area contributed by atoms with Crippen molar-refractivity contribution < 1.29 is 9.90 Å². The summed E-state index contributed by atoms with van der Waals surface area (Å²) in [5.74, 6) is 1.53. The molecule has 1 fully saturated rings. The molecule has 6 nitrogen and oxygen atoms in total. The summed E-state index contributed by atoms with van der Waals surface area (Å²) in [5.41, 5.74) is -0.836. The van der Waals surface area contributed by atoms with E-state index in [0.717, 1.165) is 38.4 Å². The van der Waals surface area contributed by atoms with Crippen LogP contribution in [-0.4, -0.2) is 65.8 Å². The third kappa shape index (κ3) is 7.00. The van der Waals surface area contributed by atoms with Crippen molar-refractivity contribution in [3.8, 4) is 0 Å². The van der Waals surface area contributed by atoms with Gasteiger partial charge in [-0.15, -0.1) is 0 Å². The number of amides is 1. The SMILES string of the molecule is CC(C)CCC(C)(O)CNC(=O)CN1CCN(c2ccccn2)CC1. The molecule has 1 unspecified atom stereocenters. The Morgan fingerprint density at radius 3 is 2.64 bits per heavy atom. The second kappa shape index (κ2) is 9.15. The molecule has 0 bridgehead atoms. The van der Waals surface area contributed by atoms with E-state index in [1.807, 2.05) is 18.2 Å². The Labute approximate surface area is 151 Å². The predicted molar refractivity (Wildman–Crippen MR) is 101 cm³/mol. The van der Waals surface area contributed by atoms with Gasteiger partial charge in [0.05, 0.1) is 12.1 Å². The van der Waals surface area contributed by atoms with Crippen molar-refractivity contribution >= 4 is 11.7 Å². The van der Waals surface area contributed by atoms with E-state index in [9.17, 15) is 9.90 Å². The summed E-state index contributed by atoms with van der Waals surface area (Å²) < 4.78 is 0. The minimum Gasteiger partial charge on any atom is -0.388 e. The van der Waals surface area contributed by atoms with Gasteiger partial charge in [-0.3, -0.25) is 9.69 Å². The monoisotopic (exact) mass is 348 g/mol. The Kier molecular flexibility index (Phi) is 7.20. The van der Waals surface area contributed by atoms with E-state index in [1.165, 1.54) is 0 Å². The van der Waals surface area contributed by atoms with Crippen LogP contribution in [0.2, 0.25) is 0 Å². The van der Waals surface area contributed by atoms with Crippen LogP contribution in [0.25, 0.3) is 0 Å². The Hall–Kier alpha value is -1.66. The van der Waals surface area contributed by atoms with Gasteiger partial charge < -0.3 is 15.3 Å². The van der Waals surface area contributed by atoms with Gasteiger partial charge in [0.1, 0.15) is 5.82 Å². The molecule has 1 amide bonds. The number of pyridine rings is 1. The Morgan fingerprint density at radius 2 is 2.04 bits per heavy atom. The van der Waals surface area contributed by atoms with Crippen LogP contribution in [0.4, 0.5) is 5.82 Å². The molecule has 1 atom stereocenters. The van der Waals surface area contributed by atoms with E-state index >= 15 is 0 Å². The lowest BCUT2D eigenvalue weighted by atomic mass is 9.95. The van der Waals surface area contributed by atoms with Gasteiger partial charge in [0.25, 0.3) is 0 Å². The number of carbonyl (C=O) groups excluding carboxylic acids is 1. The molecule has 0 radical (unpaired) electrons. The smallest absolute Gasteiger partial charge is 0.234 e. The minimum absolute atomic E-state index is 0.0175. The maximum atomic E-state index is 12.2. The molecule has 1 saturated heterocycles. The fourth-order valence-corrected chi connectivity index (χ4v) is 2.91. The van der Waals surface area contributed by atoms with Crippen molar-refractivity contribution in [1.82, 2.24) is 15.2 Å². The maximum absolute atomic E-state index is 12.2. The Balaban J connectivity index is 1.68. The van der Waals surface area contributed by atoms with E-state index < -0.39 is 5.60 Å². The number of hydrogen-bond donors (Lipinski definition) is 2. The fraction of sp³-hybridized carbons (Fsp3) is 0.684. The van der Waals surface area contributed by atoms with Crippen molar-refractivity contribution in [3.63, 3.8) is 0 Å². The van der Waals surface area contributed by atoms with Gasteiger partial charge in [0.2, 0.25) is 5.91 Å². The number of nitrogens with zero attached hydrogens (tertiary/aromatic N) is 3. The number of carbonyl (C=O) groups is 1. The number of aliphatic hydroxyl groups is 1. The van der Waals surface area contributed by atoms with Gasteiger partial charge in [-0.05, 0) is 37.8 Å². The van der Waals surface area contributed by atoms with Crippen LogP contribution in [0.15, 0.2) is 24.4 Å². The molecule has 6 heteroatoms. The molecule has 2 heterocycles. The molecule has 0 aromatic carbocycles. The Morgan fingerprint density at radius 1 is 1.32 bits per heavy atom. The highest BCUT2D eigenvalue weighted by Gasteiger charge is 2.23. The van der Waals surface area contributed by atoms with E-state index in [1.54, 1.807) is 13.1 Å². The molecule has 0 aliphatic carbocycles. The molecule has 1 aromatic rings. The molecular weight excluding hydrogens is 316 g/mol. The summed E-state index contributed by atoms with van der Waals surface area (Å²) in [6.07, 6.45) is 3.46. The number of anilines is 1. The van der Waals surface area contributed by atoms with Gasteiger partial charge in [-0.25, -0.2) is 4.98 Å². The maximum Gasteiger partial charge on any atom is 0.234 e. The van der Waals surface area contributed by atoms with Gasteiger partial charge in [0.15, 0.2) is 0 Å². The predicted octanol–water partition coefficient (Wildman–Crippen LogP) is 1.51. The van der Waals surface area contributed by atoms with E-state index in [0.29, 0.717) is 25.4 Å². The van der Waals surface area contributed by atoms with Crippen LogP contribution in [0, 0.1) is 5.92 Å². The van der Waals surface area contributed by atoms with Crippen molar-refractivity contribution in [3.05, 3.63) is 24.4 Å². The minimum atomic E-state index is -0.836. The molecular formula is C19H32N4O2. The molecule has 1 aromatic heterocycles. The topological polar surface area (TPSA) is 68.7 Å². The van der Waals surface area contributed by atoms with Crippen molar-refractivity contribution in [1.29, 1.82) is 0 Å². The van der Waals surface area contributed by atoms with Crippen LogP contribution in [0.5, 0.6) is 0 Å².